The molecule has 0 saturated heterocycles. The highest BCUT2D eigenvalue weighted by Gasteiger charge is 2.33. The van der Waals surface area contributed by atoms with Crippen molar-refractivity contribution in [2.45, 2.75) is 24.4 Å². The van der Waals surface area contributed by atoms with Crippen molar-refractivity contribution < 1.29 is 35.1 Å². The molecule has 0 radical (unpaired) electrons. The molecule has 0 saturated carbocycles. The van der Waals surface area contributed by atoms with E-state index in [4.69, 9.17) is 21.4 Å². The zero-order valence-corrected chi connectivity index (χ0v) is 14.4. The highest BCUT2D eigenvalue weighted by Crippen LogP contribution is 2.42. The predicted molar refractivity (Wildman–Crippen MR) is 88.3 cm³/mol. The zero-order chi connectivity index (χ0) is 18.0. The Kier molecular flexibility index (Phi) is 6.07. The monoisotopic (exact) mass is 423 g/mol. The molecule has 6 N–H and O–H groups in total. The minimum Gasteiger partial charge on any atom is -0.503 e. The highest BCUT2D eigenvalue weighted by atomic mass is 79.9. The fourth-order valence-corrected chi connectivity index (χ4v) is 2.70. The second-order valence-corrected chi connectivity index (χ2v) is 6.27. The molecule has 4 atom stereocenters. The molecular formula is C14H15BrClNO7. The lowest BCUT2D eigenvalue weighted by Gasteiger charge is -2.25. The van der Waals surface area contributed by atoms with E-state index >= 15 is 0 Å². The van der Waals surface area contributed by atoms with Gasteiger partial charge in [-0.1, -0.05) is 11.6 Å². The number of hydrogen-bond acceptors (Lipinski definition) is 7. The summed E-state index contributed by atoms with van der Waals surface area (Å²) < 4.78 is 5.73. The first-order valence-electron chi connectivity index (χ1n) is 6.77. The molecule has 10 heteroatoms. The molecule has 2 rings (SSSR count). The van der Waals surface area contributed by atoms with Gasteiger partial charge in [0.1, 0.15) is 18.3 Å². The number of carbonyl (C=O) groups is 1. The van der Waals surface area contributed by atoms with Crippen LogP contribution in [0.1, 0.15) is 0 Å². The fraction of sp³-hybridized carbons (Fsp3) is 0.357. The summed E-state index contributed by atoms with van der Waals surface area (Å²) in [6, 6.07) is 3.24. The van der Waals surface area contributed by atoms with Crippen LogP contribution in [0.15, 0.2) is 16.6 Å². The summed E-state index contributed by atoms with van der Waals surface area (Å²) in [6.45, 7) is -0.814. The van der Waals surface area contributed by atoms with Crippen LogP contribution in [0, 0.1) is 0 Å². The number of benzene rings is 1. The molecule has 0 aliphatic carbocycles. The number of fused-ring (bicyclic) bond motifs is 1. The number of H-pyrrole nitrogens is 1. The van der Waals surface area contributed by atoms with Gasteiger partial charge in [0.2, 0.25) is 5.88 Å². The molecule has 0 aliphatic heterocycles. The van der Waals surface area contributed by atoms with Crippen LogP contribution in [-0.4, -0.2) is 67.8 Å². The van der Waals surface area contributed by atoms with Gasteiger partial charge in [-0.2, -0.15) is 0 Å². The Morgan fingerprint density at radius 1 is 1.29 bits per heavy atom. The molecule has 24 heavy (non-hydrogen) atoms. The first-order chi connectivity index (χ1) is 11.3. The summed E-state index contributed by atoms with van der Waals surface area (Å²) in [4.78, 5) is 13.8. The van der Waals surface area contributed by atoms with Gasteiger partial charge in [-0.05, 0) is 28.1 Å². The van der Waals surface area contributed by atoms with Gasteiger partial charge in [0.15, 0.2) is 18.1 Å². The van der Waals surface area contributed by atoms with Gasteiger partial charge in [0.25, 0.3) is 0 Å². The normalized spacial score (nSPS) is 16.6. The van der Waals surface area contributed by atoms with Crippen LogP contribution in [0.25, 0.3) is 10.9 Å². The third kappa shape index (κ3) is 3.51. The highest BCUT2D eigenvalue weighted by molar-refractivity contribution is 9.10. The van der Waals surface area contributed by atoms with Crippen LogP contribution in [0.5, 0.6) is 11.6 Å². The van der Waals surface area contributed by atoms with E-state index in [1.54, 1.807) is 12.1 Å². The SMILES string of the molecule is O=C[C@H](Oc1[nH]c2ccc(Br)c(Cl)c2c1O)[C@@H](O)[C@@H](O)[C@H](O)CO. The van der Waals surface area contributed by atoms with Gasteiger partial charge in [-0.25, -0.2) is 0 Å². The maximum atomic E-state index is 11.1. The summed E-state index contributed by atoms with van der Waals surface area (Å²) in [6.07, 6.45) is -6.73. The lowest BCUT2D eigenvalue weighted by atomic mass is 10.0. The topological polar surface area (TPSA) is 143 Å². The molecule has 8 nitrogen and oxygen atoms in total. The number of nitrogens with one attached hydrogen (secondary N) is 1. The van der Waals surface area contributed by atoms with Crippen molar-refractivity contribution in [1.82, 2.24) is 4.98 Å². The van der Waals surface area contributed by atoms with Crippen LogP contribution in [-0.2, 0) is 4.79 Å². The van der Waals surface area contributed by atoms with Gasteiger partial charge >= 0.3 is 0 Å². The summed E-state index contributed by atoms with van der Waals surface area (Å²) in [7, 11) is 0. The number of aldehydes is 1. The number of aromatic amines is 1. The molecule has 0 aliphatic rings. The van der Waals surface area contributed by atoms with Crippen LogP contribution in [0.4, 0.5) is 0 Å². The van der Waals surface area contributed by atoms with Gasteiger partial charge in [0, 0.05) is 4.47 Å². The molecule has 1 aromatic heterocycles. The van der Waals surface area contributed by atoms with Gasteiger partial charge in [0.05, 0.1) is 22.5 Å². The van der Waals surface area contributed by atoms with Gasteiger partial charge < -0.3 is 35.3 Å². The van der Waals surface area contributed by atoms with Gasteiger partial charge in [-0.3, -0.25) is 4.79 Å². The van der Waals surface area contributed by atoms with E-state index in [2.05, 4.69) is 20.9 Å². The summed E-state index contributed by atoms with van der Waals surface area (Å²) in [5.41, 5.74) is 0.422. The van der Waals surface area contributed by atoms with E-state index in [1.165, 1.54) is 0 Å². The maximum absolute atomic E-state index is 11.1. The largest absolute Gasteiger partial charge is 0.503 e. The zero-order valence-electron chi connectivity index (χ0n) is 12.1. The summed E-state index contributed by atoms with van der Waals surface area (Å²) >= 11 is 9.30. The quantitative estimate of drug-likeness (QED) is 0.351. The van der Waals surface area contributed by atoms with Crippen LogP contribution in [0.3, 0.4) is 0 Å². The van der Waals surface area contributed by atoms with Crippen LogP contribution < -0.4 is 4.74 Å². The standard InChI is InChI=1S/C14H15BrClNO7/c15-5-1-2-6-9(10(5)16)13(23)14(17-6)24-8(4-19)12(22)11(21)7(20)3-18/h1-2,4,7-8,11-12,17-18,20-23H,3H2/t7-,8+,11+,12-/m1/s1. The lowest BCUT2D eigenvalue weighted by Crippen LogP contribution is -2.48. The number of halogens is 2. The second-order valence-electron chi connectivity index (χ2n) is 5.04. The molecule has 1 heterocycles. The number of hydrogen-bond donors (Lipinski definition) is 6. The van der Waals surface area contributed by atoms with Crippen molar-refractivity contribution >= 4 is 44.7 Å². The smallest absolute Gasteiger partial charge is 0.236 e. The van der Waals surface area contributed by atoms with E-state index in [9.17, 15) is 25.2 Å². The number of rotatable bonds is 7. The van der Waals surface area contributed by atoms with Crippen molar-refractivity contribution in [1.29, 1.82) is 0 Å². The minimum atomic E-state index is -1.84. The van der Waals surface area contributed by atoms with Crippen LogP contribution in [0.2, 0.25) is 5.02 Å². The average molecular weight is 425 g/mol. The Morgan fingerprint density at radius 3 is 2.54 bits per heavy atom. The van der Waals surface area contributed by atoms with Crippen molar-refractivity contribution in [3.8, 4) is 11.6 Å². The minimum absolute atomic E-state index is 0.195. The Balaban J connectivity index is 2.32. The van der Waals surface area contributed by atoms with E-state index in [0.717, 1.165) is 0 Å². The second kappa shape index (κ2) is 7.68. The number of aromatic hydroxyl groups is 1. The molecule has 1 aromatic carbocycles. The van der Waals surface area contributed by atoms with E-state index in [-0.39, 0.29) is 28.3 Å². The van der Waals surface area contributed by atoms with Crippen molar-refractivity contribution in [2.75, 3.05) is 6.61 Å². The molecule has 0 amide bonds. The molecule has 0 spiro atoms. The van der Waals surface area contributed by atoms with Crippen molar-refractivity contribution in [3.05, 3.63) is 21.6 Å². The molecule has 0 unspecified atom stereocenters. The number of ether oxygens (including phenoxy) is 1. The lowest BCUT2D eigenvalue weighted by molar-refractivity contribution is -0.133. The third-order valence-electron chi connectivity index (χ3n) is 3.45. The number of carbonyl (C=O) groups excluding carboxylic acids is 1. The Labute approximate surface area is 149 Å². The van der Waals surface area contributed by atoms with Crippen molar-refractivity contribution in [3.63, 3.8) is 0 Å². The first-order valence-corrected chi connectivity index (χ1v) is 7.94. The number of aromatic nitrogens is 1. The van der Waals surface area contributed by atoms with Crippen molar-refractivity contribution in [2.24, 2.45) is 0 Å². The number of aliphatic hydroxyl groups excluding tert-OH is 4. The van der Waals surface area contributed by atoms with Gasteiger partial charge in [-0.15, -0.1) is 0 Å². The van der Waals surface area contributed by atoms with E-state index in [1.807, 2.05) is 0 Å². The molecule has 0 bridgehead atoms. The predicted octanol–water partition coefficient (Wildman–Crippen LogP) is 0.311. The molecule has 2 aromatic rings. The molecule has 0 fully saturated rings. The summed E-state index contributed by atoms with van der Waals surface area (Å²) in [5.74, 6) is -0.626. The Morgan fingerprint density at radius 2 is 1.96 bits per heavy atom. The average Bonchev–Trinajstić information content (AvgIpc) is 2.90. The van der Waals surface area contributed by atoms with Crippen LogP contribution >= 0.6 is 27.5 Å². The Bertz CT molecular complexity index is 737. The first kappa shape index (κ1) is 19.0. The maximum Gasteiger partial charge on any atom is 0.236 e. The van der Waals surface area contributed by atoms with E-state index in [0.29, 0.717) is 9.99 Å². The third-order valence-corrected chi connectivity index (χ3v) is 4.73. The molecular weight excluding hydrogens is 410 g/mol. The molecule has 132 valence electrons. The number of aliphatic hydroxyl groups is 4. The van der Waals surface area contributed by atoms with E-state index < -0.39 is 31.0 Å². The summed E-state index contributed by atoms with van der Waals surface area (Å²) in [5, 5.41) is 48.3. The Hall–Kier alpha value is -1.36. The fourth-order valence-electron chi connectivity index (χ4n) is 2.11.